The van der Waals surface area contributed by atoms with Crippen LogP contribution in [0.2, 0.25) is 5.02 Å². The minimum atomic E-state index is -0.798. The fourth-order valence-electron chi connectivity index (χ4n) is 4.63. The summed E-state index contributed by atoms with van der Waals surface area (Å²) in [6.45, 7) is 4.96. The molecule has 0 fully saturated rings. The first kappa shape index (κ1) is 30.6. The summed E-state index contributed by atoms with van der Waals surface area (Å²) in [5.74, 6) is 1.06. The van der Waals surface area contributed by atoms with Crippen molar-refractivity contribution in [3.63, 3.8) is 0 Å². The number of hydrogen-bond donors (Lipinski definition) is 0. The van der Waals surface area contributed by atoms with E-state index in [-0.39, 0.29) is 11.1 Å². The Morgan fingerprint density at radius 3 is 2.44 bits per heavy atom. The number of rotatable bonds is 10. The van der Waals surface area contributed by atoms with Crippen LogP contribution < -0.4 is 29.1 Å². The van der Waals surface area contributed by atoms with E-state index in [1.165, 1.54) is 29.2 Å². The van der Waals surface area contributed by atoms with E-state index in [4.69, 9.17) is 30.5 Å². The molecule has 1 aromatic heterocycles. The molecule has 8 nitrogen and oxygen atoms in total. The van der Waals surface area contributed by atoms with E-state index in [9.17, 15) is 9.59 Å². The number of thiazole rings is 1. The molecule has 1 aliphatic rings. The number of carbonyl (C=O) groups is 1. The molecule has 0 saturated heterocycles. The molecule has 0 spiro atoms. The Labute approximate surface area is 265 Å². The molecule has 0 saturated carbocycles. The molecule has 1 atom stereocenters. The molecule has 222 valence electrons. The highest BCUT2D eigenvalue weighted by atomic mass is 79.9. The predicted octanol–water partition coefficient (Wildman–Crippen LogP) is 5.81. The monoisotopic (exact) mass is 682 g/mol. The van der Waals surface area contributed by atoms with Crippen molar-refractivity contribution < 1.29 is 23.7 Å². The van der Waals surface area contributed by atoms with Crippen LogP contribution in [0.3, 0.4) is 0 Å². The van der Waals surface area contributed by atoms with Crippen molar-refractivity contribution in [1.82, 2.24) is 4.57 Å². The third-order valence-electron chi connectivity index (χ3n) is 6.57. The van der Waals surface area contributed by atoms with Gasteiger partial charge in [0.2, 0.25) is 0 Å². The van der Waals surface area contributed by atoms with Crippen molar-refractivity contribution in [3.05, 3.63) is 118 Å². The molecule has 0 N–H and O–H groups in total. The Kier molecular flexibility index (Phi) is 9.69. The second-order valence-electron chi connectivity index (χ2n) is 9.35. The van der Waals surface area contributed by atoms with Gasteiger partial charge in [-0.3, -0.25) is 9.36 Å². The van der Waals surface area contributed by atoms with Gasteiger partial charge in [-0.25, -0.2) is 9.79 Å². The van der Waals surface area contributed by atoms with E-state index in [0.717, 1.165) is 10.0 Å². The van der Waals surface area contributed by atoms with E-state index in [1.807, 2.05) is 44.2 Å². The maximum Gasteiger partial charge on any atom is 0.337 e. The summed E-state index contributed by atoms with van der Waals surface area (Å²) in [7, 11) is 1.30. The van der Waals surface area contributed by atoms with Gasteiger partial charge in [0.15, 0.2) is 16.3 Å². The maximum atomic E-state index is 14.0. The summed E-state index contributed by atoms with van der Waals surface area (Å²) in [5.41, 5.74) is 2.16. The van der Waals surface area contributed by atoms with Crippen LogP contribution in [0.15, 0.2) is 86.7 Å². The maximum absolute atomic E-state index is 14.0. The number of fused-ring (bicyclic) bond motifs is 1. The van der Waals surface area contributed by atoms with E-state index in [2.05, 4.69) is 20.9 Å². The van der Waals surface area contributed by atoms with Gasteiger partial charge in [0.25, 0.3) is 5.56 Å². The molecule has 4 aromatic rings. The largest absolute Gasteiger partial charge is 0.490 e. The highest BCUT2D eigenvalue weighted by Crippen LogP contribution is 2.35. The number of ether oxygens (including phenoxy) is 4. The summed E-state index contributed by atoms with van der Waals surface area (Å²) in [6.07, 6.45) is 3.18. The van der Waals surface area contributed by atoms with E-state index in [0.29, 0.717) is 62.6 Å². The average Bonchev–Trinajstić information content (AvgIpc) is 3.32. The van der Waals surface area contributed by atoms with E-state index >= 15 is 0 Å². The van der Waals surface area contributed by atoms with Crippen molar-refractivity contribution in [3.8, 4) is 17.2 Å². The zero-order valence-corrected chi connectivity index (χ0v) is 26.8. The van der Waals surface area contributed by atoms with Gasteiger partial charge < -0.3 is 18.9 Å². The highest BCUT2D eigenvalue weighted by molar-refractivity contribution is 9.10. The SMILES string of the molecule is CCOc1ccc([C@H]2C(C(=O)OC)=CN=c3s/c(=C/c4cc(Cl)ccc4OCc4ccc(Br)cc4)c(=O)n32)cc1OCC. The molecule has 2 heterocycles. The Bertz CT molecular complexity index is 1870. The zero-order chi connectivity index (χ0) is 30.5. The summed E-state index contributed by atoms with van der Waals surface area (Å²) < 4.78 is 25.6. The molecule has 0 radical (unpaired) electrons. The van der Waals surface area contributed by atoms with Crippen LogP contribution in [0.1, 0.15) is 36.6 Å². The molecular weight excluding hydrogens is 656 g/mol. The van der Waals surface area contributed by atoms with E-state index < -0.39 is 12.0 Å². The number of aromatic nitrogens is 1. The lowest BCUT2D eigenvalue weighted by molar-refractivity contribution is -0.136. The molecular formula is C32H28BrClN2O6S. The molecule has 0 bridgehead atoms. The number of hydrogen-bond acceptors (Lipinski definition) is 8. The lowest BCUT2D eigenvalue weighted by Crippen LogP contribution is -2.39. The van der Waals surface area contributed by atoms with Crippen molar-refractivity contribution >= 4 is 50.9 Å². The topological polar surface area (TPSA) is 88.4 Å². The molecule has 0 amide bonds. The minimum Gasteiger partial charge on any atom is -0.490 e. The molecule has 0 unspecified atom stereocenters. The van der Waals surface area contributed by atoms with Crippen LogP contribution in [-0.4, -0.2) is 30.9 Å². The Balaban J connectivity index is 1.60. The van der Waals surface area contributed by atoms with Crippen molar-refractivity contribution in [2.24, 2.45) is 4.99 Å². The van der Waals surface area contributed by atoms with Crippen LogP contribution in [0, 0.1) is 0 Å². The molecule has 43 heavy (non-hydrogen) atoms. The van der Waals surface area contributed by atoms with Crippen molar-refractivity contribution in [2.45, 2.75) is 26.5 Å². The Morgan fingerprint density at radius 2 is 1.72 bits per heavy atom. The van der Waals surface area contributed by atoms with E-state index in [1.54, 1.807) is 36.4 Å². The van der Waals surface area contributed by atoms with Gasteiger partial charge in [-0.05, 0) is 73.5 Å². The van der Waals surface area contributed by atoms with Gasteiger partial charge >= 0.3 is 5.97 Å². The third-order valence-corrected chi connectivity index (χ3v) is 8.33. The van der Waals surface area contributed by atoms with Gasteiger partial charge in [-0.15, -0.1) is 0 Å². The van der Waals surface area contributed by atoms with Gasteiger partial charge in [-0.1, -0.05) is 57.1 Å². The van der Waals surface area contributed by atoms with Crippen molar-refractivity contribution in [2.75, 3.05) is 20.3 Å². The van der Waals surface area contributed by atoms with Crippen LogP contribution in [0.4, 0.5) is 0 Å². The van der Waals surface area contributed by atoms with Crippen LogP contribution in [0.5, 0.6) is 17.2 Å². The van der Waals surface area contributed by atoms with Crippen LogP contribution in [0.25, 0.3) is 6.08 Å². The lowest BCUT2D eigenvalue weighted by atomic mass is 9.97. The molecule has 1 aliphatic heterocycles. The smallest absolute Gasteiger partial charge is 0.337 e. The number of esters is 1. The van der Waals surface area contributed by atoms with Crippen LogP contribution >= 0.6 is 38.9 Å². The van der Waals surface area contributed by atoms with Gasteiger partial charge in [-0.2, -0.15) is 0 Å². The van der Waals surface area contributed by atoms with Crippen molar-refractivity contribution in [1.29, 1.82) is 0 Å². The number of benzene rings is 3. The normalized spacial score (nSPS) is 14.4. The van der Waals surface area contributed by atoms with Gasteiger partial charge in [0, 0.05) is 21.3 Å². The first-order chi connectivity index (χ1) is 20.8. The second-order valence-corrected chi connectivity index (χ2v) is 11.7. The number of halogens is 2. The fraction of sp³-hybridized carbons (Fsp3) is 0.219. The Morgan fingerprint density at radius 1 is 1.00 bits per heavy atom. The average molecular weight is 684 g/mol. The van der Waals surface area contributed by atoms with Gasteiger partial charge in [0.05, 0.1) is 36.5 Å². The third kappa shape index (κ3) is 6.71. The number of methoxy groups -OCH3 is 1. The predicted molar refractivity (Wildman–Crippen MR) is 170 cm³/mol. The molecule has 5 rings (SSSR count). The van der Waals surface area contributed by atoms with Crippen LogP contribution in [-0.2, 0) is 16.1 Å². The zero-order valence-electron chi connectivity index (χ0n) is 23.6. The lowest BCUT2D eigenvalue weighted by Gasteiger charge is -2.23. The molecule has 11 heteroatoms. The van der Waals surface area contributed by atoms with Gasteiger partial charge in [0.1, 0.15) is 12.4 Å². The fourth-order valence-corrected chi connectivity index (χ4v) is 6.04. The highest BCUT2D eigenvalue weighted by Gasteiger charge is 2.31. The summed E-state index contributed by atoms with van der Waals surface area (Å²) in [6, 6.07) is 17.7. The second kappa shape index (κ2) is 13.6. The molecule has 3 aromatic carbocycles. The first-order valence-corrected chi connectivity index (χ1v) is 15.5. The molecule has 0 aliphatic carbocycles. The first-order valence-electron chi connectivity index (χ1n) is 13.5. The summed E-state index contributed by atoms with van der Waals surface area (Å²) in [5, 5.41) is 0.499. The Hall–Kier alpha value is -3.86. The standard InChI is InChI=1S/C32H28BrClN2O6S/c1-4-40-26-12-8-20(15-27(26)41-5-2)29-24(31(38)39-3)17-35-32-36(29)30(37)28(43-32)16-21-14-23(34)11-13-25(21)42-18-19-6-9-22(33)10-7-19/h6-17,29H,4-5,18H2,1-3H3/b28-16+/t29-/m0/s1. The quantitative estimate of drug-likeness (QED) is 0.196. The number of carbonyl (C=O) groups excluding carboxylic acids is 1. The summed E-state index contributed by atoms with van der Waals surface area (Å²) >= 11 is 11.0. The minimum absolute atomic E-state index is 0.217. The summed E-state index contributed by atoms with van der Waals surface area (Å²) in [4.78, 5) is 31.8. The number of nitrogens with zero attached hydrogens (tertiary/aromatic N) is 2.